The topological polar surface area (TPSA) is 17.8 Å². The minimum Gasteiger partial charge on any atom is -0.327 e. The summed E-state index contributed by atoms with van der Waals surface area (Å²) in [5.74, 6) is 0.977. The first-order chi connectivity index (χ1) is 27.1. The Labute approximate surface area is 319 Å². The van der Waals surface area contributed by atoms with Crippen LogP contribution in [-0.4, -0.2) is 9.55 Å². The largest absolute Gasteiger partial charge is 0.327 e. The van der Waals surface area contributed by atoms with Crippen molar-refractivity contribution in [1.29, 1.82) is 0 Å². The molecule has 0 aliphatic carbocycles. The highest BCUT2D eigenvalue weighted by Gasteiger charge is 2.16. The van der Waals surface area contributed by atoms with Gasteiger partial charge >= 0.3 is 0 Å². The lowest BCUT2D eigenvalue weighted by molar-refractivity contribution is 0.959. The molecular formula is C53H36N2. The van der Waals surface area contributed by atoms with Crippen molar-refractivity contribution in [2.24, 2.45) is 7.05 Å². The fraction of sp³-hybridized carbons (Fsp3) is 0.0377. The van der Waals surface area contributed by atoms with Crippen molar-refractivity contribution in [2.75, 3.05) is 0 Å². The maximum Gasteiger partial charge on any atom is 0.140 e. The van der Waals surface area contributed by atoms with Gasteiger partial charge in [-0.2, -0.15) is 0 Å². The fourth-order valence-corrected chi connectivity index (χ4v) is 9.08. The highest BCUT2D eigenvalue weighted by Crippen LogP contribution is 2.43. The van der Waals surface area contributed by atoms with Crippen molar-refractivity contribution in [2.45, 2.75) is 6.92 Å². The zero-order chi connectivity index (χ0) is 36.6. The van der Waals surface area contributed by atoms with Crippen molar-refractivity contribution in [3.63, 3.8) is 0 Å². The van der Waals surface area contributed by atoms with E-state index in [1.165, 1.54) is 92.8 Å². The van der Waals surface area contributed by atoms with Crippen molar-refractivity contribution in [3.8, 4) is 44.8 Å². The second kappa shape index (κ2) is 12.3. The molecule has 55 heavy (non-hydrogen) atoms. The average Bonchev–Trinajstić information content (AvgIpc) is 3.58. The lowest BCUT2D eigenvalue weighted by Gasteiger charge is -2.16. The predicted octanol–water partition coefficient (Wildman–Crippen LogP) is 14.3. The number of para-hydroxylation sites is 2. The molecule has 0 amide bonds. The first kappa shape index (κ1) is 31.5. The molecule has 0 aliphatic heterocycles. The molecule has 2 heteroatoms. The summed E-state index contributed by atoms with van der Waals surface area (Å²) < 4.78 is 2.17. The molecule has 11 rings (SSSR count). The molecular weight excluding hydrogens is 665 g/mol. The third kappa shape index (κ3) is 4.92. The number of rotatable bonds is 4. The van der Waals surface area contributed by atoms with Crippen LogP contribution in [0, 0.1) is 6.92 Å². The minimum absolute atomic E-state index is 0.977. The van der Waals surface area contributed by atoms with Crippen LogP contribution in [0.2, 0.25) is 0 Å². The molecule has 258 valence electrons. The van der Waals surface area contributed by atoms with E-state index < -0.39 is 0 Å². The summed E-state index contributed by atoms with van der Waals surface area (Å²) >= 11 is 0. The Balaban J connectivity index is 1.03. The Morgan fingerprint density at radius 3 is 1.67 bits per heavy atom. The van der Waals surface area contributed by atoms with E-state index in [0.29, 0.717) is 0 Å². The Hall–Kier alpha value is -7.03. The zero-order valence-corrected chi connectivity index (χ0v) is 30.7. The van der Waals surface area contributed by atoms with Crippen LogP contribution in [0.5, 0.6) is 0 Å². The van der Waals surface area contributed by atoms with Gasteiger partial charge in [0.1, 0.15) is 5.82 Å². The zero-order valence-electron chi connectivity index (χ0n) is 30.7. The first-order valence-corrected chi connectivity index (χ1v) is 19.0. The molecule has 0 saturated heterocycles. The van der Waals surface area contributed by atoms with Crippen molar-refractivity contribution >= 4 is 64.9 Å². The van der Waals surface area contributed by atoms with Gasteiger partial charge in [-0.3, -0.25) is 0 Å². The smallest absolute Gasteiger partial charge is 0.140 e. The standard InChI is InChI=1S/C53H36N2/c1-33-10-7-11-35-22-23-37-13-9-17-47(52(37)50(33)35)46-16-8-12-36-24-27-40-32-39(28-29-43(40)51(36)46)42-31-30-41(44-14-3-4-15-45(42)44)34-20-25-38(26-21-34)53-54-48-18-5-6-19-49(48)55(53)2/h3-32H,1-2H3. The number of hydrogen-bond donors (Lipinski definition) is 0. The molecule has 1 heterocycles. The van der Waals surface area contributed by atoms with Gasteiger partial charge in [0.15, 0.2) is 0 Å². The van der Waals surface area contributed by atoms with Gasteiger partial charge in [-0.05, 0) is 118 Å². The maximum atomic E-state index is 4.93. The third-order valence-electron chi connectivity index (χ3n) is 11.7. The summed E-state index contributed by atoms with van der Waals surface area (Å²) in [6.45, 7) is 2.23. The number of aryl methyl sites for hydroxylation is 2. The van der Waals surface area contributed by atoms with Crippen molar-refractivity contribution in [1.82, 2.24) is 9.55 Å². The van der Waals surface area contributed by atoms with E-state index in [9.17, 15) is 0 Å². The van der Waals surface area contributed by atoms with E-state index >= 15 is 0 Å². The molecule has 0 fully saturated rings. The number of fused-ring (bicyclic) bond motifs is 8. The quantitative estimate of drug-likeness (QED) is 0.167. The second-order valence-corrected chi connectivity index (χ2v) is 14.8. The minimum atomic E-state index is 0.977. The highest BCUT2D eigenvalue weighted by atomic mass is 15.1. The van der Waals surface area contributed by atoms with Gasteiger partial charge in [0.25, 0.3) is 0 Å². The van der Waals surface area contributed by atoms with Gasteiger partial charge < -0.3 is 4.57 Å². The normalized spacial score (nSPS) is 11.8. The molecule has 11 aromatic rings. The third-order valence-corrected chi connectivity index (χ3v) is 11.7. The lowest BCUT2D eigenvalue weighted by Crippen LogP contribution is -1.92. The SMILES string of the molecule is Cc1cccc2ccc3cccc(-c4cccc5ccc6cc(-c7ccc(-c8ccc(-c9nc%10ccccc%10n9C)cc8)c8ccccc78)ccc6c45)c3c12. The second-order valence-electron chi connectivity index (χ2n) is 14.8. The summed E-state index contributed by atoms with van der Waals surface area (Å²) in [4.78, 5) is 4.93. The van der Waals surface area contributed by atoms with E-state index in [1.807, 2.05) is 6.07 Å². The van der Waals surface area contributed by atoms with Crippen LogP contribution >= 0.6 is 0 Å². The number of hydrogen-bond acceptors (Lipinski definition) is 1. The number of nitrogens with zero attached hydrogens (tertiary/aromatic N) is 2. The van der Waals surface area contributed by atoms with Crippen LogP contribution in [0.4, 0.5) is 0 Å². The predicted molar refractivity (Wildman–Crippen MR) is 235 cm³/mol. The fourth-order valence-electron chi connectivity index (χ4n) is 9.08. The molecule has 2 nitrogen and oxygen atoms in total. The van der Waals surface area contributed by atoms with Gasteiger partial charge in [-0.1, -0.05) is 164 Å². The van der Waals surface area contributed by atoms with Crippen LogP contribution in [0.1, 0.15) is 5.56 Å². The van der Waals surface area contributed by atoms with Gasteiger partial charge in [-0.15, -0.1) is 0 Å². The average molecular weight is 701 g/mol. The molecule has 0 N–H and O–H groups in total. The summed E-state index contributed by atoms with van der Waals surface area (Å²) in [7, 11) is 2.09. The number of imidazole rings is 1. The van der Waals surface area contributed by atoms with E-state index in [-0.39, 0.29) is 0 Å². The number of aromatic nitrogens is 2. The van der Waals surface area contributed by atoms with E-state index in [0.717, 1.165) is 22.4 Å². The molecule has 0 bridgehead atoms. The highest BCUT2D eigenvalue weighted by molar-refractivity contribution is 6.22. The molecule has 0 radical (unpaired) electrons. The molecule has 1 aromatic heterocycles. The maximum absolute atomic E-state index is 4.93. The molecule has 0 saturated carbocycles. The molecule has 10 aromatic carbocycles. The Bertz CT molecular complexity index is 3330. The van der Waals surface area contributed by atoms with E-state index in [2.05, 4.69) is 194 Å². The monoisotopic (exact) mass is 700 g/mol. The van der Waals surface area contributed by atoms with Gasteiger partial charge in [0.05, 0.1) is 11.0 Å². The van der Waals surface area contributed by atoms with Gasteiger partial charge in [0, 0.05) is 12.6 Å². The molecule has 0 unspecified atom stereocenters. The molecule has 0 atom stereocenters. The lowest BCUT2D eigenvalue weighted by atomic mass is 9.87. The molecule has 0 aliphatic rings. The summed E-state index contributed by atoms with van der Waals surface area (Å²) in [5.41, 5.74) is 12.0. The Morgan fingerprint density at radius 1 is 0.382 bits per heavy atom. The summed E-state index contributed by atoms with van der Waals surface area (Å²) in [6, 6.07) is 66.8. The Kier molecular flexibility index (Phi) is 7.02. The number of benzene rings is 10. The van der Waals surface area contributed by atoms with E-state index in [4.69, 9.17) is 4.98 Å². The van der Waals surface area contributed by atoms with Crippen LogP contribution < -0.4 is 0 Å². The van der Waals surface area contributed by atoms with Crippen molar-refractivity contribution in [3.05, 3.63) is 188 Å². The van der Waals surface area contributed by atoms with Gasteiger partial charge in [-0.25, -0.2) is 4.98 Å². The van der Waals surface area contributed by atoms with Crippen LogP contribution in [0.25, 0.3) is 110 Å². The van der Waals surface area contributed by atoms with Gasteiger partial charge in [0.2, 0.25) is 0 Å². The summed E-state index contributed by atoms with van der Waals surface area (Å²) in [5, 5.41) is 12.8. The van der Waals surface area contributed by atoms with E-state index in [1.54, 1.807) is 0 Å². The molecule has 0 spiro atoms. The van der Waals surface area contributed by atoms with Crippen LogP contribution in [-0.2, 0) is 7.05 Å². The van der Waals surface area contributed by atoms with Crippen LogP contribution in [0.3, 0.4) is 0 Å². The first-order valence-electron chi connectivity index (χ1n) is 19.0. The van der Waals surface area contributed by atoms with Crippen molar-refractivity contribution < 1.29 is 0 Å². The van der Waals surface area contributed by atoms with Crippen LogP contribution in [0.15, 0.2) is 182 Å². The summed E-state index contributed by atoms with van der Waals surface area (Å²) in [6.07, 6.45) is 0. The Morgan fingerprint density at radius 2 is 0.945 bits per heavy atom.